The topological polar surface area (TPSA) is 86.5 Å². The van der Waals surface area contributed by atoms with E-state index in [4.69, 9.17) is 15.2 Å². The Morgan fingerprint density at radius 3 is 2.83 bits per heavy atom. The molecule has 0 aliphatic rings. The second-order valence-electron chi connectivity index (χ2n) is 5.25. The van der Waals surface area contributed by atoms with Crippen LogP contribution in [0.25, 0.3) is 0 Å². The number of ether oxygens (including phenoxy) is 2. The van der Waals surface area contributed by atoms with E-state index in [2.05, 4.69) is 10.3 Å². The summed E-state index contributed by atoms with van der Waals surface area (Å²) in [6.45, 7) is 2.15. The van der Waals surface area contributed by atoms with Crippen LogP contribution in [0.3, 0.4) is 0 Å². The van der Waals surface area contributed by atoms with Crippen molar-refractivity contribution in [1.82, 2.24) is 4.98 Å². The molecule has 1 amide bonds. The summed E-state index contributed by atoms with van der Waals surface area (Å²) < 4.78 is 11.1. The van der Waals surface area contributed by atoms with Gasteiger partial charge in [0.25, 0.3) is 0 Å². The van der Waals surface area contributed by atoms with Gasteiger partial charge in [0.05, 0.1) is 7.11 Å². The minimum atomic E-state index is -0.186. The van der Waals surface area contributed by atoms with Crippen LogP contribution in [0.15, 0.2) is 42.7 Å². The number of nitrogens with one attached hydrogen (secondary N) is 1. The monoisotopic (exact) mass is 315 g/mol. The molecule has 6 heteroatoms. The predicted molar refractivity (Wildman–Crippen MR) is 88.5 cm³/mol. The van der Waals surface area contributed by atoms with Gasteiger partial charge in [-0.05, 0) is 25.1 Å². The molecule has 0 bridgehead atoms. The zero-order valence-electron chi connectivity index (χ0n) is 13.3. The van der Waals surface area contributed by atoms with E-state index in [1.54, 1.807) is 44.6 Å². The lowest BCUT2D eigenvalue weighted by Crippen LogP contribution is -2.23. The molecule has 1 aromatic carbocycles. The number of nitrogens with zero attached hydrogens (tertiary/aromatic N) is 1. The molecule has 3 N–H and O–H groups in total. The number of benzene rings is 1. The van der Waals surface area contributed by atoms with Crippen LogP contribution in [-0.2, 0) is 11.4 Å². The third-order valence-corrected chi connectivity index (χ3v) is 3.07. The fourth-order valence-electron chi connectivity index (χ4n) is 2.02. The number of carbonyl (C=O) groups is 1. The van der Waals surface area contributed by atoms with Gasteiger partial charge in [-0.2, -0.15) is 0 Å². The summed E-state index contributed by atoms with van der Waals surface area (Å²) in [4.78, 5) is 15.8. The smallest absolute Gasteiger partial charge is 0.225 e. The number of carbonyl (C=O) groups excluding carboxylic acids is 1. The SMILES string of the molecule is COc1ccc(NC(=O)CC(C)N)cc1OCc1cccnc1. The molecular formula is C17H21N3O3. The minimum Gasteiger partial charge on any atom is -0.493 e. The summed E-state index contributed by atoms with van der Waals surface area (Å²) in [6.07, 6.45) is 3.71. The Hall–Kier alpha value is -2.60. The minimum absolute atomic E-state index is 0.136. The second-order valence-corrected chi connectivity index (χ2v) is 5.25. The Kier molecular flexibility index (Phi) is 5.94. The highest BCUT2D eigenvalue weighted by atomic mass is 16.5. The fourth-order valence-corrected chi connectivity index (χ4v) is 2.02. The van der Waals surface area contributed by atoms with Crippen LogP contribution in [-0.4, -0.2) is 24.0 Å². The molecule has 122 valence electrons. The molecule has 1 aromatic heterocycles. The summed E-state index contributed by atoms with van der Waals surface area (Å²) in [5.74, 6) is 1.01. The van der Waals surface area contributed by atoms with Gasteiger partial charge in [0, 0.05) is 42.2 Å². The van der Waals surface area contributed by atoms with E-state index in [0.29, 0.717) is 23.8 Å². The molecule has 23 heavy (non-hydrogen) atoms. The number of nitrogens with two attached hydrogens (primary N) is 1. The first-order valence-corrected chi connectivity index (χ1v) is 7.33. The number of hydrogen-bond acceptors (Lipinski definition) is 5. The van der Waals surface area contributed by atoms with Crippen molar-refractivity contribution in [2.24, 2.45) is 5.73 Å². The Balaban J connectivity index is 2.07. The van der Waals surface area contributed by atoms with Crippen LogP contribution in [0.4, 0.5) is 5.69 Å². The first-order chi connectivity index (χ1) is 11.1. The molecule has 0 fully saturated rings. The Morgan fingerprint density at radius 2 is 2.17 bits per heavy atom. The predicted octanol–water partition coefficient (Wildman–Crippen LogP) is 2.34. The van der Waals surface area contributed by atoms with Gasteiger partial charge in [-0.1, -0.05) is 6.07 Å². The van der Waals surface area contributed by atoms with Gasteiger partial charge in [0.15, 0.2) is 11.5 Å². The van der Waals surface area contributed by atoms with Crippen molar-refractivity contribution in [2.75, 3.05) is 12.4 Å². The van der Waals surface area contributed by atoms with Crippen LogP contribution < -0.4 is 20.5 Å². The normalized spacial score (nSPS) is 11.6. The van der Waals surface area contributed by atoms with E-state index in [1.807, 2.05) is 12.1 Å². The molecule has 0 spiro atoms. The summed E-state index contributed by atoms with van der Waals surface area (Å²) >= 11 is 0. The average Bonchev–Trinajstić information content (AvgIpc) is 2.53. The zero-order chi connectivity index (χ0) is 16.7. The largest absolute Gasteiger partial charge is 0.493 e. The maximum atomic E-state index is 11.8. The Morgan fingerprint density at radius 1 is 1.35 bits per heavy atom. The van der Waals surface area contributed by atoms with E-state index in [0.717, 1.165) is 5.56 Å². The molecular weight excluding hydrogens is 294 g/mol. The molecule has 0 aliphatic carbocycles. The van der Waals surface area contributed by atoms with Crippen molar-refractivity contribution < 1.29 is 14.3 Å². The summed E-state index contributed by atoms with van der Waals surface area (Å²) in [5.41, 5.74) is 7.21. The van der Waals surface area contributed by atoms with Crippen LogP contribution in [0.1, 0.15) is 18.9 Å². The van der Waals surface area contributed by atoms with Crippen molar-refractivity contribution in [1.29, 1.82) is 0 Å². The van der Waals surface area contributed by atoms with Gasteiger partial charge in [-0.3, -0.25) is 9.78 Å². The van der Waals surface area contributed by atoms with Gasteiger partial charge in [-0.15, -0.1) is 0 Å². The van der Waals surface area contributed by atoms with Crippen LogP contribution >= 0.6 is 0 Å². The molecule has 0 aliphatic heterocycles. The van der Waals surface area contributed by atoms with Gasteiger partial charge < -0.3 is 20.5 Å². The van der Waals surface area contributed by atoms with Gasteiger partial charge >= 0.3 is 0 Å². The summed E-state index contributed by atoms with van der Waals surface area (Å²) in [5, 5.41) is 2.80. The summed E-state index contributed by atoms with van der Waals surface area (Å²) in [6, 6.07) is 8.83. The highest BCUT2D eigenvalue weighted by Crippen LogP contribution is 2.31. The van der Waals surface area contributed by atoms with E-state index in [1.165, 1.54) is 0 Å². The van der Waals surface area contributed by atoms with Crippen molar-refractivity contribution >= 4 is 11.6 Å². The van der Waals surface area contributed by atoms with Gasteiger partial charge in [-0.25, -0.2) is 0 Å². The average molecular weight is 315 g/mol. The van der Waals surface area contributed by atoms with Crippen LogP contribution in [0.5, 0.6) is 11.5 Å². The van der Waals surface area contributed by atoms with E-state index in [-0.39, 0.29) is 18.4 Å². The number of hydrogen-bond donors (Lipinski definition) is 2. The highest BCUT2D eigenvalue weighted by Gasteiger charge is 2.10. The zero-order valence-corrected chi connectivity index (χ0v) is 13.3. The second kappa shape index (κ2) is 8.14. The first-order valence-electron chi connectivity index (χ1n) is 7.33. The lowest BCUT2D eigenvalue weighted by Gasteiger charge is -2.13. The first kappa shape index (κ1) is 16.8. The molecule has 0 saturated carbocycles. The Bertz CT molecular complexity index is 645. The molecule has 1 unspecified atom stereocenters. The molecule has 0 radical (unpaired) electrons. The van der Waals surface area contributed by atoms with Crippen molar-refractivity contribution in [3.8, 4) is 11.5 Å². The van der Waals surface area contributed by atoms with Gasteiger partial charge in [0.1, 0.15) is 6.61 Å². The van der Waals surface area contributed by atoms with Crippen LogP contribution in [0, 0.1) is 0 Å². The molecule has 6 nitrogen and oxygen atoms in total. The van der Waals surface area contributed by atoms with Gasteiger partial charge in [0.2, 0.25) is 5.91 Å². The highest BCUT2D eigenvalue weighted by molar-refractivity contribution is 5.91. The molecule has 0 saturated heterocycles. The molecule has 2 rings (SSSR count). The van der Waals surface area contributed by atoms with E-state index < -0.39 is 0 Å². The summed E-state index contributed by atoms with van der Waals surface area (Å²) in [7, 11) is 1.57. The lowest BCUT2D eigenvalue weighted by atomic mass is 10.2. The molecule has 1 heterocycles. The van der Waals surface area contributed by atoms with Crippen molar-refractivity contribution in [3.63, 3.8) is 0 Å². The third-order valence-electron chi connectivity index (χ3n) is 3.07. The van der Waals surface area contributed by atoms with E-state index >= 15 is 0 Å². The Labute approximate surface area is 135 Å². The standard InChI is InChI=1S/C17H21N3O3/c1-12(18)8-17(21)20-14-5-6-15(22-2)16(9-14)23-11-13-4-3-7-19-10-13/h3-7,9-10,12H,8,11,18H2,1-2H3,(H,20,21). The number of methoxy groups -OCH3 is 1. The number of pyridine rings is 1. The quantitative estimate of drug-likeness (QED) is 0.819. The number of anilines is 1. The maximum Gasteiger partial charge on any atom is 0.225 e. The van der Waals surface area contributed by atoms with Crippen molar-refractivity contribution in [3.05, 3.63) is 48.3 Å². The molecule has 2 aromatic rings. The lowest BCUT2D eigenvalue weighted by molar-refractivity contribution is -0.116. The van der Waals surface area contributed by atoms with Crippen LogP contribution in [0.2, 0.25) is 0 Å². The third kappa shape index (κ3) is 5.27. The van der Waals surface area contributed by atoms with E-state index in [9.17, 15) is 4.79 Å². The number of amides is 1. The number of rotatable bonds is 7. The fraction of sp³-hybridized carbons (Fsp3) is 0.294. The molecule has 1 atom stereocenters. The van der Waals surface area contributed by atoms with Crippen molar-refractivity contribution in [2.45, 2.75) is 26.0 Å². The number of aromatic nitrogens is 1. The maximum absolute atomic E-state index is 11.8.